The molecule has 2 aromatic heterocycles. The number of carbonyl (C=O) groups is 1. The second kappa shape index (κ2) is 7.09. The summed E-state index contributed by atoms with van der Waals surface area (Å²) in [5.74, 6) is -0.769. The Morgan fingerprint density at radius 2 is 1.93 bits per heavy atom. The fourth-order valence-electron chi connectivity index (χ4n) is 3.76. The lowest BCUT2D eigenvalue weighted by molar-refractivity contribution is -0.122. The van der Waals surface area contributed by atoms with Crippen LogP contribution >= 0.6 is 0 Å². The molecule has 3 aromatic rings. The second-order valence-corrected chi connectivity index (χ2v) is 7.85. The number of fused-ring (bicyclic) bond motifs is 1. The van der Waals surface area contributed by atoms with Gasteiger partial charge in [-0.05, 0) is 52.2 Å². The summed E-state index contributed by atoms with van der Waals surface area (Å²) in [6.45, 7) is 6.96. The molecular weight excluding hydrogens is 373 g/mol. The van der Waals surface area contributed by atoms with E-state index in [0.29, 0.717) is 16.8 Å². The van der Waals surface area contributed by atoms with Gasteiger partial charge in [-0.25, -0.2) is 9.07 Å². The standard InChI is InChI=1S/C21H24FN5O2/c1-11-5-8-16(17(22)9-11)12(2)23-18(28)10-26-21(29)20-19(13(3)24-26)14(4)25-27(20)15-6-7-15/h5,8-9,12,15H,6-7,10H2,1-4H3,(H,23,28). The van der Waals surface area contributed by atoms with E-state index in [2.05, 4.69) is 15.5 Å². The van der Waals surface area contributed by atoms with Gasteiger partial charge in [0.15, 0.2) is 0 Å². The molecule has 0 bridgehead atoms. The van der Waals surface area contributed by atoms with Crippen molar-refractivity contribution >= 4 is 16.8 Å². The predicted molar refractivity (Wildman–Crippen MR) is 107 cm³/mol. The Morgan fingerprint density at radius 1 is 1.24 bits per heavy atom. The quantitative estimate of drug-likeness (QED) is 0.718. The number of rotatable bonds is 5. The van der Waals surface area contributed by atoms with E-state index in [-0.39, 0.29) is 24.0 Å². The molecule has 0 radical (unpaired) electrons. The highest BCUT2D eigenvalue weighted by Gasteiger charge is 2.29. The van der Waals surface area contributed by atoms with Crippen LogP contribution in [0.2, 0.25) is 0 Å². The molecule has 1 fully saturated rings. The van der Waals surface area contributed by atoms with Gasteiger partial charge in [-0.2, -0.15) is 10.2 Å². The van der Waals surface area contributed by atoms with Crippen LogP contribution in [0.1, 0.15) is 54.4 Å². The van der Waals surface area contributed by atoms with Crippen molar-refractivity contribution in [3.05, 3.63) is 56.9 Å². The van der Waals surface area contributed by atoms with Crippen molar-refractivity contribution in [1.29, 1.82) is 0 Å². The molecule has 1 saturated carbocycles. The van der Waals surface area contributed by atoms with E-state index < -0.39 is 11.9 Å². The van der Waals surface area contributed by atoms with Gasteiger partial charge in [-0.1, -0.05) is 12.1 Å². The van der Waals surface area contributed by atoms with E-state index in [1.54, 1.807) is 30.7 Å². The molecule has 0 aliphatic heterocycles. The van der Waals surface area contributed by atoms with Gasteiger partial charge < -0.3 is 5.32 Å². The number of carbonyl (C=O) groups excluding carboxylic acids is 1. The number of amides is 1. The first-order valence-electron chi connectivity index (χ1n) is 9.78. The Morgan fingerprint density at radius 3 is 2.59 bits per heavy atom. The van der Waals surface area contributed by atoms with Crippen molar-refractivity contribution in [3.8, 4) is 0 Å². The van der Waals surface area contributed by atoms with Crippen molar-refractivity contribution in [1.82, 2.24) is 24.9 Å². The Hall–Kier alpha value is -3.03. The van der Waals surface area contributed by atoms with E-state index >= 15 is 0 Å². The molecule has 29 heavy (non-hydrogen) atoms. The molecule has 7 nitrogen and oxygen atoms in total. The molecule has 2 heterocycles. The first-order chi connectivity index (χ1) is 13.8. The summed E-state index contributed by atoms with van der Waals surface area (Å²) in [5, 5.41) is 12.4. The largest absolute Gasteiger partial charge is 0.348 e. The maximum absolute atomic E-state index is 14.2. The van der Waals surface area contributed by atoms with Gasteiger partial charge in [0, 0.05) is 5.56 Å². The molecular formula is C21H24FN5O2. The van der Waals surface area contributed by atoms with Crippen LogP contribution in [0.5, 0.6) is 0 Å². The molecule has 0 saturated heterocycles. The maximum atomic E-state index is 14.2. The van der Waals surface area contributed by atoms with Crippen LogP contribution in [0, 0.1) is 26.6 Å². The Bertz CT molecular complexity index is 1180. The van der Waals surface area contributed by atoms with Crippen LogP contribution in [-0.2, 0) is 11.3 Å². The molecule has 8 heteroatoms. The van der Waals surface area contributed by atoms with Gasteiger partial charge >= 0.3 is 0 Å². The van der Waals surface area contributed by atoms with Gasteiger partial charge in [-0.3, -0.25) is 14.3 Å². The minimum absolute atomic E-state index is 0.234. The summed E-state index contributed by atoms with van der Waals surface area (Å²) < 4.78 is 17.1. The van der Waals surface area contributed by atoms with E-state index in [9.17, 15) is 14.0 Å². The second-order valence-electron chi connectivity index (χ2n) is 7.85. The van der Waals surface area contributed by atoms with Crippen LogP contribution in [0.3, 0.4) is 0 Å². The molecule has 1 aliphatic rings. The smallest absolute Gasteiger partial charge is 0.293 e. The molecule has 4 rings (SSSR count). The summed E-state index contributed by atoms with van der Waals surface area (Å²) in [7, 11) is 0. The highest BCUT2D eigenvalue weighted by Crippen LogP contribution is 2.36. The monoisotopic (exact) mass is 397 g/mol. The zero-order valence-corrected chi connectivity index (χ0v) is 17.0. The minimum atomic E-state index is -0.525. The number of halogens is 1. The highest BCUT2D eigenvalue weighted by molar-refractivity contribution is 5.83. The molecule has 152 valence electrons. The summed E-state index contributed by atoms with van der Waals surface area (Å²) in [4.78, 5) is 25.6. The Balaban J connectivity index is 1.60. The number of nitrogens with zero attached hydrogens (tertiary/aromatic N) is 4. The van der Waals surface area contributed by atoms with Gasteiger partial charge in [0.05, 0.1) is 28.9 Å². The van der Waals surface area contributed by atoms with Crippen LogP contribution in [0.25, 0.3) is 10.9 Å². The molecule has 0 spiro atoms. The highest BCUT2D eigenvalue weighted by atomic mass is 19.1. The maximum Gasteiger partial charge on any atom is 0.293 e. The van der Waals surface area contributed by atoms with Gasteiger partial charge in [0.1, 0.15) is 17.9 Å². The summed E-state index contributed by atoms with van der Waals surface area (Å²) in [6.07, 6.45) is 1.99. The lowest BCUT2D eigenvalue weighted by Crippen LogP contribution is -2.36. The zero-order valence-electron chi connectivity index (χ0n) is 17.0. The van der Waals surface area contributed by atoms with Crippen molar-refractivity contribution < 1.29 is 9.18 Å². The number of nitrogens with one attached hydrogen (secondary N) is 1. The predicted octanol–water partition coefficient (Wildman–Crippen LogP) is 2.87. The average Bonchev–Trinajstić information content (AvgIpc) is 3.41. The molecule has 1 atom stereocenters. The number of aryl methyl sites for hydroxylation is 3. The number of benzene rings is 1. The first-order valence-corrected chi connectivity index (χ1v) is 9.78. The minimum Gasteiger partial charge on any atom is -0.348 e. The molecule has 1 aliphatic carbocycles. The van der Waals surface area contributed by atoms with E-state index in [4.69, 9.17) is 0 Å². The average molecular weight is 397 g/mol. The molecule has 1 N–H and O–H groups in total. The molecule has 1 aromatic carbocycles. The van der Waals surface area contributed by atoms with Crippen molar-refractivity contribution in [2.75, 3.05) is 0 Å². The van der Waals surface area contributed by atoms with Gasteiger partial charge in [0.25, 0.3) is 5.56 Å². The Labute approximate surface area is 167 Å². The van der Waals surface area contributed by atoms with Crippen molar-refractivity contribution in [2.45, 2.75) is 59.2 Å². The summed E-state index contributed by atoms with van der Waals surface area (Å²) in [6, 6.07) is 4.61. The van der Waals surface area contributed by atoms with Crippen LogP contribution < -0.4 is 10.9 Å². The van der Waals surface area contributed by atoms with E-state index in [0.717, 1.165) is 29.5 Å². The van der Waals surface area contributed by atoms with Crippen LogP contribution in [0.4, 0.5) is 4.39 Å². The van der Waals surface area contributed by atoms with Crippen LogP contribution in [-0.4, -0.2) is 25.5 Å². The number of aromatic nitrogens is 4. The zero-order chi connectivity index (χ0) is 20.9. The number of hydrogen-bond acceptors (Lipinski definition) is 4. The topological polar surface area (TPSA) is 81.8 Å². The van der Waals surface area contributed by atoms with E-state index in [1.165, 1.54) is 10.7 Å². The third-order valence-corrected chi connectivity index (χ3v) is 5.34. The number of hydrogen-bond donors (Lipinski definition) is 1. The first kappa shape index (κ1) is 19.3. The third-order valence-electron chi connectivity index (χ3n) is 5.34. The molecule has 1 unspecified atom stereocenters. The SMILES string of the molecule is Cc1ccc(C(C)NC(=O)Cn2nc(C)c3c(C)nn(C4CC4)c3c2=O)c(F)c1. The fourth-order valence-corrected chi connectivity index (χ4v) is 3.76. The van der Waals surface area contributed by atoms with Gasteiger partial charge in [-0.15, -0.1) is 0 Å². The van der Waals surface area contributed by atoms with Gasteiger partial charge in [0.2, 0.25) is 5.91 Å². The van der Waals surface area contributed by atoms with Crippen LogP contribution in [0.15, 0.2) is 23.0 Å². The van der Waals surface area contributed by atoms with Crippen molar-refractivity contribution in [3.63, 3.8) is 0 Å². The summed E-state index contributed by atoms with van der Waals surface area (Å²) >= 11 is 0. The normalized spacial score (nSPS) is 14.9. The van der Waals surface area contributed by atoms with Crippen molar-refractivity contribution in [2.24, 2.45) is 0 Å². The third kappa shape index (κ3) is 3.54. The Kier molecular flexibility index (Phi) is 4.72. The molecule has 1 amide bonds. The fraction of sp³-hybridized carbons (Fsp3) is 0.429. The lowest BCUT2D eigenvalue weighted by Gasteiger charge is -2.16. The lowest BCUT2D eigenvalue weighted by atomic mass is 10.1. The summed E-state index contributed by atoms with van der Waals surface area (Å²) in [5.41, 5.74) is 2.82. The van der Waals surface area contributed by atoms with E-state index in [1.807, 2.05) is 13.8 Å².